The molecule has 19 heavy (non-hydrogen) atoms. The monoisotopic (exact) mass is 294 g/mol. The van der Waals surface area contributed by atoms with Crippen molar-refractivity contribution in [2.75, 3.05) is 5.88 Å². The van der Waals surface area contributed by atoms with Crippen molar-refractivity contribution in [3.63, 3.8) is 0 Å². The number of hydrogen-bond acceptors (Lipinski definition) is 1. The number of fused-ring (bicyclic) bond motifs is 1. The lowest BCUT2D eigenvalue weighted by atomic mass is 10.3. The molecule has 0 aliphatic rings. The number of halogens is 5. The fourth-order valence-corrected chi connectivity index (χ4v) is 2.08. The van der Waals surface area contributed by atoms with Crippen LogP contribution in [0.2, 0.25) is 0 Å². The molecule has 2 rings (SSSR count). The third-order valence-electron chi connectivity index (χ3n) is 2.73. The van der Waals surface area contributed by atoms with E-state index in [1.165, 1.54) is 22.8 Å². The zero-order valence-corrected chi connectivity index (χ0v) is 10.6. The van der Waals surface area contributed by atoms with E-state index in [9.17, 15) is 17.6 Å². The molecule has 1 aromatic carbocycles. The van der Waals surface area contributed by atoms with Crippen molar-refractivity contribution < 1.29 is 17.6 Å². The van der Waals surface area contributed by atoms with Gasteiger partial charge in [0.2, 0.25) is 0 Å². The molecule has 1 aromatic heterocycles. The number of benzene rings is 1. The van der Waals surface area contributed by atoms with Crippen LogP contribution in [0.1, 0.15) is 12.2 Å². The van der Waals surface area contributed by atoms with Crippen LogP contribution in [0.5, 0.6) is 0 Å². The minimum absolute atomic E-state index is 0.248. The maximum atomic E-state index is 13.2. The van der Waals surface area contributed by atoms with Gasteiger partial charge in [-0.05, 0) is 18.2 Å². The molecule has 2 nitrogen and oxygen atoms in total. The number of aryl methyl sites for hydroxylation is 2. The van der Waals surface area contributed by atoms with E-state index in [0.717, 1.165) is 0 Å². The molecule has 0 radical (unpaired) electrons. The Kier molecular flexibility index (Phi) is 3.99. The summed E-state index contributed by atoms with van der Waals surface area (Å²) < 4.78 is 51.5. The molecule has 0 aliphatic carbocycles. The third-order valence-corrected chi connectivity index (χ3v) is 2.92. The number of alkyl halides is 4. The highest BCUT2D eigenvalue weighted by molar-refractivity contribution is 6.17. The lowest BCUT2D eigenvalue weighted by molar-refractivity contribution is -0.136. The SMILES string of the molecule is Fc1ccc2nc(CCCl)n(CCC(F)(F)F)c2c1. The first-order valence-electron chi connectivity index (χ1n) is 5.68. The van der Waals surface area contributed by atoms with E-state index in [0.29, 0.717) is 23.3 Å². The van der Waals surface area contributed by atoms with Crippen molar-refractivity contribution in [2.24, 2.45) is 0 Å². The topological polar surface area (TPSA) is 17.8 Å². The minimum atomic E-state index is -4.26. The second kappa shape index (κ2) is 5.36. The van der Waals surface area contributed by atoms with Gasteiger partial charge in [-0.3, -0.25) is 0 Å². The molecule has 0 spiro atoms. The summed E-state index contributed by atoms with van der Waals surface area (Å²) in [7, 11) is 0. The van der Waals surface area contributed by atoms with Gasteiger partial charge >= 0.3 is 6.18 Å². The lowest BCUT2D eigenvalue weighted by Crippen LogP contribution is -2.14. The first-order chi connectivity index (χ1) is 8.90. The summed E-state index contributed by atoms with van der Waals surface area (Å²) in [6.07, 6.45) is -4.90. The molecule has 0 bridgehead atoms. The van der Waals surface area contributed by atoms with Crippen molar-refractivity contribution in [1.29, 1.82) is 0 Å². The van der Waals surface area contributed by atoms with E-state index in [2.05, 4.69) is 4.98 Å². The Morgan fingerprint density at radius 1 is 1.26 bits per heavy atom. The average molecular weight is 295 g/mol. The Morgan fingerprint density at radius 2 is 2.00 bits per heavy atom. The normalized spacial score (nSPS) is 12.3. The highest BCUT2D eigenvalue weighted by Crippen LogP contribution is 2.24. The lowest BCUT2D eigenvalue weighted by Gasteiger charge is -2.10. The van der Waals surface area contributed by atoms with Gasteiger partial charge in [-0.2, -0.15) is 13.2 Å². The predicted molar refractivity (Wildman–Crippen MR) is 64.8 cm³/mol. The van der Waals surface area contributed by atoms with Gasteiger partial charge in [0.25, 0.3) is 0 Å². The van der Waals surface area contributed by atoms with Gasteiger partial charge in [-0.1, -0.05) is 0 Å². The van der Waals surface area contributed by atoms with Crippen LogP contribution in [-0.2, 0) is 13.0 Å². The van der Waals surface area contributed by atoms with Crippen molar-refractivity contribution >= 4 is 22.6 Å². The van der Waals surface area contributed by atoms with E-state index >= 15 is 0 Å². The van der Waals surface area contributed by atoms with Crippen LogP contribution in [0.15, 0.2) is 18.2 Å². The molecule has 104 valence electrons. The molecule has 7 heteroatoms. The minimum Gasteiger partial charge on any atom is -0.328 e. The highest BCUT2D eigenvalue weighted by Gasteiger charge is 2.27. The summed E-state index contributed by atoms with van der Waals surface area (Å²) >= 11 is 5.61. The maximum Gasteiger partial charge on any atom is 0.390 e. The summed E-state index contributed by atoms with van der Waals surface area (Å²) in [5.74, 6) is 0.190. The van der Waals surface area contributed by atoms with Gasteiger partial charge in [-0.25, -0.2) is 9.37 Å². The Morgan fingerprint density at radius 3 is 2.63 bits per heavy atom. The highest BCUT2D eigenvalue weighted by atomic mass is 35.5. The number of aromatic nitrogens is 2. The van der Waals surface area contributed by atoms with Crippen LogP contribution < -0.4 is 0 Å². The summed E-state index contributed by atoms with van der Waals surface area (Å²) in [6.45, 7) is -0.282. The first-order valence-corrected chi connectivity index (χ1v) is 6.21. The molecule has 0 saturated heterocycles. The smallest absolute Gasteiger partial charge is 0.328 e. The Balaban J connectivity index is 2.41. The fraction of sp³-hybridized carbons (Fsp3) is 0.417. The van der Waals surface area contributed by atoms with Crippen LogP contribution in [0.3, 0.4) is 0 Å². The summed E-state index contributed by atoms with van der Waals surface area (Å²) in [4.78, 5) is 4.19. The Hall–Kier alpha value is -1.30. The molecule has 0 N–H and O–H groups in total. The standard InChI is InChI=1S/C12H11ClF4N2/c13-5-3-11-18-9-2-1-8(14)7-10(9)19(11)6-4-12(15,16)17/h1-2,7H,3-6H2. The molecule has 0 saturated carbocycles. The van der Waals surface area contributed by atoms with E-state index < -0.39 is 18.4 Å². The van der Waals surface area contributed by atoms with Crippen LogP contribution in [0.25, 0.3) is 11.0 Å². The second-order valence-electron chi connectivity index (χ2n) is 4.12. The second-order valence-corrected chi connectivity index (χ2v) is 4.49. The third kappa shape index (κ3) is 3.37. The molecular formula is C12H11ClF4N2. The molecule has 1 heterocycles. The summed E-state index contributed by atoms with van der Waals surface area (Å²) in [5, 5.41) is 0. The Bertz CT molecular complexity index is 577. The molecule has 0 atom stereocenters. The largest absolute Gasteiger partial charge is 0.390 e. The van der Waals surface area contributed by atoms with Gasteiger partial charge in [-0.15, -0.1) is 11.6 Å². The summed E-state index contributed by atoms with van der Waals surface area (Å²) in [6, 6.07) is 3.87. The molecule has 0 aliphatic heterocycles. The first kappa shape index (κ1) is 14.1. The van der Waals surface area contributed by atoms with Crippen LogP contribution >= 0.6 is 11.6 Å². The Labute approximate surface area is 112 Å². The van der Waals surface area contributed by atoms with Gasteiger partial charge in [0, 0.05) is 18.8 Å². The molecule has 0 unspecified atom stereocenters. The van der Waals surface area contributed by atoms with Crippen LogP contribution in [0.4, 0.5) is 17.6 Å². The van der Waals surface area contributed by atoms with Gasteiger partial charge in [0.15, 0.2) is 0 Å². The number of hydrogen-bond donors (Lipinski definition) is 0. The number of imidazole rings is 1. The van der Waals surface area contributed by atoms with Crippen molar-refractivity contribution in [2.45, 2.75) is 25.6 Å². The van der Waals surface area contributed by atoms with Crippen molar-refractivity contribution in [1.82, 2.24) is 9.55 Å². The quantitative estimate of drug-likeness (QED) is 0.617. The fourth-order valence-electron chi connectivity index (χ4n) is 1.91. The van der Waals surface area contributed by atoms with Gasteiger partial charge in [0.05, 0.1) is 17.5 Å². The zero-order chi connectivity index (χ0) is 14.0. The average Bonchev–Trinajstić information content (AvgIpc) is 2.63. The van der Waals surface area contributed by atoms with Crippen molar-refractivity contribution in [3.8, 4) is 0 Å². The number of rotatable bonds is 4. The zero-order valence-electron chi connectivity index (χ0n) is 9.84. The molecule has 2 aromatic rings. The van der Waals surface area contributed by atoms with Gasteiger partial charge in [0.1, 0.15) is 11.6 Å². The van der Waals surface area contributed by atoms with Crippen LogP contribution in [0, 0.1) is 5.82 Å². The van der Waals surface area contributed by atoms with E-state index in [1.807, 2.05) is 0 Å². The van der Waals surface area contributed by atoms with Crippen molar-refractivity contribution in [3.05, 3.63) is 29.8 Å². The predicted octanol–water partition coefficient (Wildman–Crippen LogP) is 3.91. The molecule has 0 fully saturated rings. The molecule has 0 amide bonds. The van der Waals surface area contributed by atoms with E-state index in [4.69, 9.17) is 11.6 Å². The van der Waals surface area contributed by atoms with E-state index in [-0.39, 0.29) is 12.4 Å². The molecular weight excluding hydrogens is 284 g/mol. The maximum absolute atomic E-state index is 13.2. The van der Waals surface area contributed by atoms with E-state index in [1.54, 1.807) is 0 Å². The van der Waals surface area contributed by atoms with Crippen LogP contribution in [-0.4, -0.2) is 21.6 Å². The number of nitrogens with zero attached hydrogens (tertiary/aromatic N) is 2. The van der Waals surface area contributed by atoms with Gasteiger partial charge < -0.3 is 4.57 Å². The summed E-state index contributed by atoms with van der Waals surface area (Å²) in [5.41, 5.74) is 0.841.